The summed E-state index contributed by atoms with van der Waals surface area (Å²) < 4.78 is 1.82. The monoisotopic (exact) mass is 168 g/mol. The molecule has 0 aromatic carbocycles. The first-order valence-corrected chi connectivity index (χ1v) is 4.37. The van der Waals surface area contributed by atoms with Gasteiger partial charge in [0.1, 0.15) is 0 Å². The summed E-state index contributed by atoms with van der Waals surface area (Å²) in [5, 5.41) is 11.1. The third kappa shape index (κ3) is 1.82. The summed E-state index contributed by atoms with van der Waals surface area (Å²) in [5.74, 6) is 0. The highest BCUT2D eigenvalue weighted by atomic mass is 15.4. The first-order chi connectivity index (χ1) is 5.79. The highest BCUT2D eigenvalue weighted by Crippen LogP contribution is 2.13. The van der Waals surface area contributed by atoms with E-state index in [-0.39, 0.29) is 0 Å². The summed E-state index contributed by atoms with van der Waals surface area (Å²) in [7, 11) is 1.92. The van der Waals surface area contributed by atoms with E-state index in [4.69, 9.17) is 0 Å². The molecule has 0 aliphatic heterocycles. The molecule has 0 aliphatic rings. The Hall–Kier alpha value is -0.900. The fraction of sp³-hybridized carbons (Fsp3) is 0.750. The highest BCUT2D eigenvalue weighted by molar-refractivity contribution is 5.00. The van der Waals surface area contributed by atoms with E-state index in [2.05, 4.69) is 29.5 Å². The van der Waals surface area contributed by atoms with Crippen LogP contribution in [0.15, 0.2) is 6.20 Å². The summed E-state index contributed by atoms with van der Waals surface area (Å²) in [6.45, 7) is 5.23. The lowest BCUT2D eigenvalue weighted by molar-refractivity contribution is 0.496. The van der Waals surface area contributed by atoms with Gasteiger partial charge in [0.25, 0.3) is 0 Å². The molecule has 0 bridgehead atoms. The molecule has 1 heterocycles. The average Bonchev–Trinajstić information content (AvgIpc) is 2.47. The van der Waals surface area contributed by atoms with Gasteiger partial charge in [0.05, 0.1) is 17.9 Å². The number of aromatic nitrogens is 3. The summed E-state index contributed by atoms with van der Waals surface area (Å²) in [4.78, 5) is 0. The lowest BCUT2D eigenvalue weighted by atomic mass is 10.1. The summed E-state index contributed by atoms with van der Waals surface area (Å²) in [6, 6.07) is 0.384. The second-order valence-corrected chi connectivity index (χ2v) is 2.80. The first kappa shape index (κ1) is 9.19. The maximum Gasteiger partial charge on any atom is 0.0753 e. The predicted octanol–water partition coefficient (Wildman–Crippen LogP) is 0.876. The molecule has 1 N–H and O–H groups in total. The molecule has 0 aliphatic carbocycles. The van der Waals surface area contributed by atoms with Crippen LogP contribution in [-0.4, -0.2) is 21.5 Å². The fourth-order valence-corrected chi connectivity index (χ4v) is 1.32. The minimum Gasteiger partial charge on any atom is -0.309 e. The van der Waals surface area contributed by atoms with Crippen molar-refractivity contribution >= 4 is 0 Å². The molecule has 0 saturated carbocycles. The van der Waals surface area contributed by atoms with Crippen LogP contribution in [0.3, 0.4) is 0 Å². The molecule has 1 aromatic heterocycles. The molecule has 0 spiro atoms. The SMILES string of the molecule is CCNC(CC)c1cnnn1C. The largest absolute Gasteiger partial charge is 0.309 e. The van der Waals surface area contributed by atoms with Crippen LogP contribution < -0.4 is 5.32 Å². The molecule has 0 amide bonds. The Morgan fingerprint density at radius 1 is 1.58 bits per heavy atom. The van der Waals surface area contributed by atoms with Crippen molar-refractivity contribution in [3.63, 3.8) is 0 Å². The van der Waals surface area contributed by atoms with Crippen molar-refractivity contribution in [3.8, 4) is 0 Å². The molecule has 4 nitrogen and oxygen atoms in total. The molecule has 0 fully saturated rings. The molecule has 1 atom stereocenters. The van der Waals surface area contributed by atoms with Gasteiger partial charge >= 0.3 is 0 Å². The van der Waals surface area contributed by atoms with Gasteiger partial charge < -0.3 is 5.32 Å². The van der Waals surface area contributed by atoms with Gasteiger partial charge in [-0.3, -0.25) is 4.68 Å². The Balaban J connectivity index is 2.72. The second kappa shape index (κ2) is 4.21. The highest BCUT2D eigenvalue weighted by Gasteiger charge is 2.11. The van der Waals surface area contributed by atoms with Crippen molar-refractivity contribution in [2.75, 3.05) is 6.54 Å². The lowest BCUT2D eigenvalue weighted by Gasteiger charge is -2.14. The van der Waals surface area contributed by atoms with Gasteiger partial charge in [-0.15, -0.1) is 5.10 Å². The maximum atomic E-state index is 3.89. The summed E-state index contributed by atoms with van der Waals surface area (Å²) in [5.41, 5.74) is 1.15. The van der Waals surface area contributed by atoms with Crippen LogP contribution in [-0.2, 0) is 7.05 Å². The normalized spacial score (nSPS) is 13.2. The molecule has 0 radical (unpaired) electrons. The summed E-state index contributed by atoms with van der Waals surface area (Å²) in [6.07, 6.45) is 2.88. The van der Waals surface area contributed by atoms with Crippen LogP contribution in [0.2, 0.25) is 0 Å². The predicted molar refractivity (Wildman–Crippen MR) is 47.7 cm³/mol. The Morgan fingerprint density at radius 2 is 2.33 bits per heavy atom. The topological polar surface area (TPSA) is 42.7 Å². The Kier molecular flexibility index (Phi) is 3.22. The Morgan fingerprint density at radius 3 is 2.75 bits per heavy atom. The zero-order valence-electron chi connectivity index (χ0n) is 7.91. The van der Waals surface area contributed by atoms with Crippen molar-refractivity contribution in [3.05, 3.63) is 11.9 Å². The third-order valence-electron chi connectivity index (χ3n) is 1.97. The van der Waals surface area contributed by atoms with Crippen LogP contribution in [0.4, 0.5) is 0 Å². The summed E-state index contributed by atoms with van der Waals surface area (Å²) >= 11 is 0. The number of hydrogen-bond donors (Lipinski definition) is 1. The van der Waals surface area contributed by atoms with E-state index in [1.807, 2.05) is 17.9 Å². The van der Waals surface area contributed by atoms with Crippen LogP contribution in [0, 0.1) is 0 Å². The molecule has 1 unspecified atom stereocenters. The van der Waals surface area contributed by atoms with Gasteiger partial charge in [-0.2, -0.15) is 0 Å². The van der Waals surface area contributed by atoms with Gasteiger partial charge in [-0.05, 0) is 13.0 Å². The molecule has 68 valence electrons. The van der Waals surface area contributed by atoms with E-state index >= 15 is 0 Å². The minimum atomic E-state index is 0.384. The van der Waals surface area contributed by atoms with E-state index < -0.39 is 0 Å². The van der Waals surface area contributed by atoms with Crippen molar-refractivity contribution < 1.29 is 0 Å². The number of nitrogens with one attached hydrogen (secondary N) is 1. The van der Waals surface area contributed by atoms with Crippen molar-refractivity contribution in [2.24, 2.45) is 7.05 Å². The number of nitrogens with zero attached hydrogens (tertiary/aromatic N) is 3. The molecular weight excluding hydrogens is 152 g/mol. The Bertz CT molecular complexity index is 231. The van der Waals surface area contributed by atoms with Gasteiger partial charge in [0.15, 0.2) is 0 Å². The van der Waals surface area contributed by atoms with Crippen molar-refractivity contribution in [1.82, 2.24) is 20.3 Å². The standard InChI is InChI=1S/C8H16N4/c1-4-7(9-5-2)8-6-10-11-12(8)3/h6-7,9H,4-5H2,1-3H3. The fourth-order valence-electron chi connectivity index (χ4n) is 1.32. The van der Waals surface area contributed by atoms with E-state index in [0.717, 1.165) is 18.7 Å². The number of hydrogen-bond acceptors (Lipinski definition) is 3. The molecular formula is C8H16N4. The van der Waals surface area contributed by atoms with Crippen LogP contribution in [0.1, 0.15) is 32.0 Å². The van der Waals surface area contributed by atoms with Crippen LogP contribution in [0.5, 0.6) is 0 Å². The number of aryl methyl sites for hydroxylation is 1. The zero-order chi connectivity index (χ0) is 8.97. The van der Waals surface area contributed by atoms with Crippen LogP contribution >= 0.6 is 0 Å². The smallest absolute Gasteiger partial charge is 0.0753 e. The van der Waals surface area contributed by atoms with E-state index in [0.29, 0.717) is 6.04 Å². The van der Waals surface area contributed by atoms with Crippen LogP contribution in [0.25, 0.3) is 0 Å². The second-order valence-electron chi connectivity index (χ2n) is 2.80. The van der Waals surface area contributed by atoms with Gasteiger partial charge in [-0.25, -0.2) is 0 Å². The van der Waals surface area contributed by atoms with Gasteiger partial charge in [0, 0.05) is 7.05 Å². The van der Waals surface area contributed by atoms with Gasteiger partial charge in [-0.1, -0.05) is 19.1 Å². The quantitative estimate of drug-likeness (QED) is 0.725. The van der Waals surface area contributed by atoms with Gasteiger partial charge in [0.2, 0.25) is 0 Å². The molecule has 12 heavy (non-hydrogen) atoms. The van der Waals surface area contributed by atoms with Crippen molar-refractivity contribution in [2.45, 2.75) is 26.3 Å². The molecule has 1 rings (SSSR count). The molecule has 1 aromatic rings. The minimum absolute atomic E-state index is 0.384. The van der Waals surface area contributed by atoms with E-state index in [9.17, 15) is 0 Å². The average molecular weight is 168 g/mol. The zero-order valence-corrected chi connectivity index (χ0v) is 7.91. The molecule has 4 heteroatoms. The third-order valence-corrected chi connectivity index (χ3v) is 1.97. The molecule has 0 saturated heterocycles. The maximum absolute atomic E-state index is 3.89. The van der Waals surface area contributed by atoms with E-state index in [1.54, 1.807) is 0 Å². The first-order valence-electron chi connectivity index (χ1n) is 4.37. The van der Waals surface area contributed by atoms with Crippen molar-refractivity contribution in [1.29, 1.82) is 0 Å². The Labute approximate surface area is 73.0 Å². The van der Waals surface area contributed by atoms with E-state index in [1.165, 1.54) is 0 Å². The number of rotatable bonds is 4. The lowest BCUT2D eigenvalue weighted by Crippen LogP contribution is -2.22.